The topological polar surface area (TPSA) is 92.3 Å². The van der Waals surface area contributed by atoms with Gasteiger partial charge in [0, 0.05) is 6.20 Å². The first kappa shape index (κ1) is 14.8. The Kier molecular flexibility index (Phi) is 4.76. The molecule has 0 saturated carbocycles. The number of hydrogen-bond donors (Lipinski definition) is 1. The fraction of sp³-hybridized carbons (Fsp3) is 0.357. The van der Waals surface area contributed by atoms with Crippen LogP contribution in [0.2, 0.25) is 0 Å². The van der Waals surface area contributed by atoms with Crippen molar-refractivity contribution in [1.29, 1.82) is 0 Å². The largest absolute Gasteiger partial charge is 0.476 e. The maximum Gasteiger partial charge on any atom is 0.341 e. The van der Waals surface area contributed by atoms with E-state index < -0.39 is 5.97 Å². The van der Waals surface area contributed by atoms with Gasteiger partial charge in [-0.05, 0) is 25.5 Å². The minimum absolute atomic E-state index is 0.319. The first-order valence-corrected chi connectivity index (χ1v) is 6.77. The van der Waals surface area contributed by atoms with Crippen molar-refractivity contribution in [3.8, 4) is 11.7 Å². The van der Waals surface area contributed by atoms with Gasteiger partial charge in [0.25, 0.3) is 0 Å². The molecule has 7 nitrogen and oxygen atoms in total. The van der Waals surface area contributed by atoms with Crippen molar-refractivity contribution < 1.29 is 14.3 Å². The Hall–Kier alpha value is -2.57. The fourth-order valence-electron chi connectivity index (χ4n) is 1.65. The number of nitrogen functional groups attached to an aromatic ring is 1. The van der Waals surface area contributed by atoms with Crippen LogP contribution in [0.3, 0.4) is 0 Å². The number of nitrogens with two attached hydrogens (primary N) is 1. The standard InChI is InChI=1S/C14H18N4O3/c1-3-7-21-13-11(15)5-6-12(17-13)18-9-10(8-16-18)14(19)20-4-2/h5-6,8-9H,3-4,7,15H2,1-2H3. The molecule has 2 heterocycles. The zero-order valence-corrected chi connectivity index (χ0v) is 12.1. The molecule has 0 aliphatic heterocycles. The summed E-state index contributed by atoms with van der Waals surface area (Å²) in [5.74, 6) is 0.468. The van der Waals surface area contributed by atoms with Crippen molar-refractivity contribution in [2.45, 2.75) is 20.3 Å². The molecular formula is C14H18N4O3. The molecule has 0 aromatic carbocycles. The van der Waals surface area contributed by atoms with Gasteiger partial charge >= 0.3 is 5.97 Å². The predicted octanol–water partition coefficient (Wildman–Crippen LogP) is 1.81. The number of rotatable bonds is 6. The molecule has 0 atom stereocenters. The molecule has 0 radical (unpaired) electrons. The molecule has 2 rings (SSSR count). The maximum absolute atomic E-state index is 11.6. The van der Waals surface area contributed by atoms with E-state index in [2.05, 4.69) is 10.1 Å². The summed E-state index contributed by atoms with van der Waals surface area (Å²) in [6.07, 6.45) is 3.85. The van der Waals surface area contributed by atoms with E-state index in [1.165, 1.54) is 10.9 Å². The number of hydrogen-bond acceptors (Lipinski definition) is 6. The number of carbonyl (C=O) groups is 1. The van der Waals surface area contributed by atoms with Gasteiger partial charge < -0.3 is 15.2 Å². The zero-order chi connectivity index (χ0) is 15.2. The number of nitrogens with zero attached hydrogens (tertiary/aromatic N) is 3. The normalized spacial score (nSPS) is 10.4. The maximum atomic E-state index is 11.6. The number of carbonyl (C=O) groups excluding carboxylic acids is 1. The van der Waals surface area contributed by atoms with Crippen molar-refractivity contribution in [3.05, 3.63) is 30.1 Å². The lowest BCUT2D eigenvalue weighted by Crippen LogP contribution is -2.06. The van der Waals surface area contributed by atoms with Crippen LogP contribution in [0.15, 0.2) is 24.5 Å². The molecule has 0 saturated heterocycles. The Labute approximate surface area is 122 Å². The second-order valence-corrected chi connectivity index (χ2v) is 4.31. The van der Waals surface area contributed by atoms with Gasteiger partial charge in [-0.15, -0.1) is 0 Å². The molecule has 2 N–H and O–H groups in total. The third kappa shape index (κ3) is 3.50. The molecule has 0 spiro atoms. The molecule has 0 amide bonds. The highest BCUT2D eigenvalue weighted by molar-refractivity contribution is 5.88. The van der Waals surface area contributed by atoms with Crippen LogP contribution >= 0.6 is 0 Å². The quantitative estimate of drug-likeness (QED) is 0.816. The van der Waals surface area contributed by atoms with Gasteiger partial charge in [0.1, 0.15) is 0 Å². The average Bonchev–Trinajstić information content (AvgIpc) is 2.96. The molecule has 7 heteroatoms. The third-order valence-corrected chi connectivity index (χ3v) is 2.65. The Morgan fingerprint density at radius 1 is 1.38 bits per heavy atom. The summed E-state index contributed by atoms with van der Waals surface area (Å²) >= 11 is 0. The molecule has 0 aliphatic carbocycles. The lowest BCUT2D eigenvalue weighted by atomic mass is 10.3. The van der Waals surface area contributed by atoms with E-state index in [1.54, 1.807) is 25.3 Å². The van der Waals surface area contributed by atoms with Gasteiger partial charge in [-0.2, -0.15) is 10.1 Å². The number of aromatic nitrogens is 3. The van der Waals surface area contributed by atoms with Crippen LogP contribution < -0.4 is 10.5 Å². The van der Waals surface area contributed by atoms with E-state index in [-0.39, 0.29) is 0 Å². The molecule has 0 aliphatic rings. The molecule has 0 unspecified atom stereocenters. The lowest BCUT2D eigenvalue weighted by Gasteiger charge is -2.08. The lowest BCUT2D eigenvalue weighted by molar-refractivity contribution is 0.0526. The monoisotopic (exact) mass is 290 g/mol. The summed E-state index contributed by atoms with van der Waals surface area (Å²) in [6, 6.07) is 3.40. The van der Waals surface area contributed by atoms with Crippen molar-refractivity contribution >= 4 is 11.7 Å². The van der Waals surface area contributed by atoms with Gasteiger partial charge in [-0.1, -0.05) is 6.92 Å². The van der Waals surface area contributed by atoms with Crippen molar-refractivity contribution in [1.82, 2.24) is 14.8 Å². The summed E-state index contributed by atoms with van der Waals surface area (Å²) < 4.78 is 11.9. The van der Waals surface area contributed by atoms with Gasteiger partial charge in [-0.3, -0.25) is 0 Å². The highest BCUT2D eigenvalue weighted by Gasteiger charge is 2.12. The Morgan fingerprint density at radius 2 is 2.19 bits per heavy atom. The Bertz CT molecular complexity index is 624. The minimum Gasteiger partial charge on any atom is -0.476 e. The average molecular weight is 290 g/mol. The van der Waals surface area contributed by atoms with Crippen molar-refractivity contribution in [2.24, 2.45) is 0 Å². The number of ether oxygens (including phenoxy) is 2. The van der Waals surface area contributed by atoms with Crippen LogP contribution in [0.25, 0.3) is 5.82 Å². The first-order chi connectivity index (χ1) is 10.2. The highest BCUT2D eigenvalue weighted by Crippen LogP contribution is 2.20. The summed E-state index contributed by atoms with van der Waals surface area (Å²) in [5.41, 5.74) is 6.64. The molecule has 112 valence electrons. The van der Waals surface area contributed by atoms with E-state index in [0.717, 1.165) is 6.42 Å². The van der Waals surface area contributed by atoms with E-state index in [0.29, 0.717) is 36.2 Å². The van der Waals surface area contributed by atoms with Crippen molar-refractivity contribution in [2.75, 3.05) is 18.9 Å². The summed E-state index contributed by atoms with van der Waals surface area (Å²) in [6.45, 7) is 4.60. The van der Waals surface area contributed by atoms with Crippen LogP contribution in [0.4, 0.5) is 5.69 Å². The van der Waals surface area contributed by atoms with E-state index >= 15 is 0 Å². The number of pyridine rings is 1. The van der Waals surface area contributed by atoms with Gasteiger partial charge in [0.2, 0.25) is 5.88 Å². The van der Waals surface area contributed by atoms with Crippen LogP contribution in [0.5, 0.6) is 5.88 Å². The highest BCUT2D eigenvalue weighted by atomic mass is 16.5. The second kappa shape index (κ2) is 6.74. The SMILES string of the molecule is CCCOc1nc(-n2cc(C(=O)OCC)cn2)ccc1N. The third-order valence-electron chi connectivity index (χ3n) is 2.65. The molecular weight excluding hydrogens is 272 g/mol. The van der Waals surface area contributed by atoms with Crippen LogP contribution in [-0.2, 0) is 4.74 Å². The van der Waals surface area contributed by atoms with Crippen LogP contribution in [0, 0.1) is 0 Å². The second-order valence-electron chi connectivity index (χ2n) is 4.31. The van der Waals surface area contributed by atoms with Crippen LogP contribution in [0.1, 0.15) is 30.6 Å². The van der Waals surface area contributed by atoms with Gasteiger partial charge in [0.15, 0.2) is 5.82 Å². The number of anilines is 1. The molecule has 0 fully saturated rings. The molecule has 21 heavy (non-hydrogen) atoms. The molecule has 2 aromatic rings. The Balaban J connectivity index is 2.23. The van der Waals surface area contributed by atoms with E-state index in [4.69, 9.17) is 15.2 Å². The first-order valence-electron chi connectivity index (χ1n) is 6.77. The summed E-state index contributed by atoms with van der Waals surface area (Å²) in [7, 11) is 0. The van der Waals surface area contributed by atoms with E-state index in [9.17, 15) is 4.79 Å². The van der Waals surface area contributed by atoms with E-state index in [1.807, 2.05) is 6.92 Å². The summed E-state index contributed by atoms with van der Waals surface area (Å²) in [5, 5.41) is 4.10. The van der Waals surface area contributed by atoms with Crippen molar-refractivity contribution in [3.63, 3.8) is 0 Å². The number of esters is 1. The van der Waals surface area contributed by atoms with Crippen LogP contribution in [-0.4, -0.2) is 33.9 Å². The molecule has 2 aromatic heterocycles. The van der Waals surface area contributed by atoms with Gasteiger partial charge in [0.05, 0.1) is 30.7 Å². The minimum atomic E-state index is -0.415. The molecule has 0 bridgehead atoms. The Morgan fingerprint density at radius 3 is 2.90 bits per heavy atom. The predicted molar refractivity (Wildman–Crippen MR) is 77.5 cm³/mol. The smallest absolute Gasteiger partial charge is 0.341 e. The zero-order valence-electron chi connectivity index (χ0n) is 12.1. The summed E-state index contributed by atoms with van der Waals surface area (Å²) in [4.78, 5) is 15.9. The van der Waals surface area contributed by atoms with Gasteiger partial charge in [-0.25, -0.2) is 9.48 Å². The fourth-order valence-corrected chi connectivity index (χ4v) is 1.65.